The van der Waals surface area contributed by atoms with E-state index in [1.807, 2.05) is 0 Å². The quantitative estimate of drug-likeness (QED) is 0.573. The van der Waals surface area contributed by atoms with Gasteiger partial charge in [0, 0.05) is 5.56 Å². The van der Waals surface area contributed by atoms with E-state index in [0.717, 1.165) is 11.4 Å². The maximum Gasteiger partial charge on any atom is 0.178 e. The first-order valence-corrected chi connectivity index (χ1v) is 5.25. The van der Waals surface area contributed by atoms with Crippen LogP contribution < -0.4 is 0 Å². The van der Waals surface area contributed by atoms with Gasteiger partial charge >= 0.3 is 0 Å². The smallest absolute Gasteiger partial charge is 0.178 e. The molecule has 1 aromatic rings. The number of carbonyl (C=O) groups is 2. The van der Waals surface area contributed by atoms with Crippen molar-refractivity contribution >= 4 is 23.0 Å². The lowest BCUT2D eigenvalue weighted by molar-refractivity contribution is -0.110. The number of hydrogen-bond donors (Lipinski definition) is 0. The Balaban J connectivity index is 2.22. The van der Waals surface area contributed by atoms with Crippen molar-refractivity contribution in [3.05, 3.63) is 54.1 Å². The maximum absolute atomic E-state index is 11.1. The number of carbonyl (C=O) groups excluding carboxylic acids is 2. The molecule has 0 aliphatic heterocycles. The highest BCUT2D eigenvalue weighted by atomic mass is 16.1. The second kappa shape index (κ2) is 4.70. The van der Waals surface area contributed by atoms with E-state index in [-0.39, 0.29) is 11.6 Å². The molecule has 0 saturated carbocycles. The molecule has 2 rings (SSSR count). The van der Waals surface area contributed by atoms with Gasteiger partial charge in [-0.1, -0.05) is 0 Å². The molecule has 0 atom stereocenters. The molecule has 0 spiro atoms. The SMILES string of the molecule is CC(=O)c1ccc(N=C2C=CC(=O)C=C2)cc1. The molecular weight excluding hydrogens is 214 g/mol. The summed E-state index contributed by atoms with van der Waals surface area (Å²) in [7, 11) is 0. The lowest BCUT2D eigenvalue weighted by atomic mass is 10.1. The Morgan fingerprint density at radius 1 is 1.00 bits per heavy atom. The van der Waals surface area contributed by atoms with Gasteiger partial charge in [0.05, 0.1) is 11.4 Å². The Hall–Kier alpha value is -2.29. The fourth-order valence-electron chi connectivity index (χ4n) is 1.44. The van der Waals surface area contributed by atoms with Gasteiger partial charge in [0.15, 0.2) is 11.6 Å². The van der Waals surface area contributed by atoms with E-state index in [1.54, 1.807) is 36.4 Å². The number of aliphatic imine (C=N–C) groups is 1. The van der Waals surface area contributed by atoms with Gasteiger partial charge in [-0.25, -0.2) is 4.99 Å². The van der Waals surface area contributed by atoms with Crippen LogP contribution in [0, 0.1) is 0 Å². The summed E-state index contributed by atoms with van der Waals surface area (Å²) in [4.78, 5) is 26.3. The van der Waals surface area contributed by atoms with Gasteiger partial charge in [0.1, 0.15) is 0 Å². The van der Waals surface area contributed by atoms with Gasteiger partial charge in [-0.3, -0.25) is 9.59 Å². The first-order chi connectivity index (χ1) is 8.15. The molecule has 0 amide bonds. The van der Waals surface area contributed by atoms with Crippen LogP contribution in [0.4, 0.5) is 5.69 Å². The predicted molar refractivity (Wildman–Crippen MR) is 66.8 cm³/mol. The van der Waals surface area contributed by atoms with Crippen LogP contribution in [0.2, 0.25) is 0 Å². The number of Topliss-reactive ketones (excluding diaryl/α,β-unsaturated/α-hetero) is 1. The summed E-state index contributed by atoms with van der Waals surface area (Å²) in [6.45, 7) is 1.53. The molecule has 0 radical (unpaired) electrons. The molecule has 1 aliphatic carbocycles. The molecule has 3 nitrogen and oxygen atoms in total. The van der Waals surface area contributed by atoms with Gasteiger partial charge < -0.3 is 0 Å². The highest BCUT2D eigenvalue weighted by Crippen LogP contribution is 2.14. The predicted octanol–water partition coefficient (Wildman–Crippen LogP) is 2.66. The van der Waals surface area contributed by atoms with Gasteiger partial charge in [0.2, 0.25) is 0 Å². The minimum absolute atomic E-state index is 0.0316. The minimum atomic E-state index is -0.0316. The molecule has 0 heterocycles. The van der Waals surface area contributed by atoms with E-state index in [4.69, 9.17) is 0 Å². The Morgan fingerprint density at radius 2 is 1.59 bits per heavy atom. The molecule has 84 valence electrons. The zero-order valence-corrected chi connectivity index (χ0v) is 9.38. The van der Waals surface area contributed by atoms with Crippen molar-refractivity contribution in [1.82, 2.24) is 0 Å². The summed E-state index contributed by atoms with van der Waals surface area (Å²) in [6.07, 6.45) is 6.29. The number of nitrogens with zero attached hydrogens (tertiary/aromatic N) is 1. The zero-order chi connectivity index (χ0) is 12.3. The fraction of sp³-hybridized carbons (Fsp3) is 0.0714. The standard InChI is InChI=1S/C14H11NO2/c1-10(16)11-2-4-12(5-3-11)15-13-6-8-14(17)9-7-13/h2-9H,1H3. The summed E-state index contributed by atoms with van der Waals surface area (Å²) >= 11 is 0. The molecule has 0 unspecified atom stereocenters. The highest BCUT2D eigenvalue weighted by molar-refractivity contribution is 6.17. The van der Waals surface area contributed by atoms with Gasteiger partial charge in [0.25, 0.3) is 0 Å². The summed E-state index contributed by atoms with van der Waals surface area (Å²) in [5, 5.41) is 0. The number of rotatable bonds is 2. The molecular formula is C14H11NO2. The normalized spacial score (nSPS) is 13.9. The summed E-state index contributed by atoms with van der Waals surface area (Å²) < 4.78 is 0. The summed E-state index contributed by atoms with van der Waals surface area (Å²) in [5.41, 5.74) is 2.15. The van der Waals surface area contributed by atoms with Crippen molar-refractivity contribution in [2.45, 2.75) is 6.92 Å². The average molecular weight is 225 g/mol. The number of ketones is 2. The largest absolute Gasteiger partial charge is 0.295 e. The summed E-state index contributed by atoms with van der Waals surface area (Å²) in [6, 6.07) is 7.04. The minimum Gasteiger partial charge on any atom is -0.295 e. The molecule has 0 bridgehead atoms. The van der Waals surface area contributed by atoms with Crippen LogP contribution in [-0.2, 0) is 4.79 Å². The lowest BCUT2D eigenvalue weighted by Crippen LogP contribution is -1.98. The van der Waals surface area contributed by atoms with Crippen LogP contribution in [0.25, 0.3) is 0 Å². The first kappa shape index (κ1) is 11.2. The van der Waals surface area contributed by atoms with Crippen molar-refractivity contribution in [2.24, 2.45) is 4.99 Å². The number of allylic oxidation sites excluding steroid dienone is 4. The highest BCUT2D eigenvalue weighted by Gasteiger charge is 2.01. The van der Waals surface area contributed by atoms with Crippen molar-refractivity contribution in [2.75, 3.05) is 0 Å². The van der Waals surface area contributed by atoms with Crippen molar-refractivity contribution in [3.63, 3.8) is 0 Å². The van der Waals surface area contributed by atoms with Crippen LogP contribution in [0.1, 0.15) is 17.3 Å². The van der Waals surface area contributed by atoms with E-state index >= 15 is 0 Å². The third kappa shape index (κ3) is 2.84. The third-order valence-corrected chi connectivity index (χ3v) is 2.37. The van der Waals surface area contributed by atoms with Crippen LogP contribution in [0.5, 0.6) is 0 Å². The van der Waals surface area contributed by atoms with E-state index < -0.39 is 0 Å². The van der Waals surface area contributed by atoms with Gasteiger partial charge in [-0.15, -0.1) is 0 Å². The summed E-state index contributed by atoms with van der Waals surface area (Å²) in [5.74, 6) is 0.00290. The van der Waals surface area contributed by atoms with E-state index in [0.29, 0.717) is 5.56 Å². The average Bonchev–Trinajstić information content (AvgIpc) is 2.33. The third-order valence-electron chi connectivity index (χ3n) is 2.37. The molecule has 0 saturated heterocycles. The fourth-order valence-corrected chi connectivity index (χ4v) is 1.44. The second-order valence-corrected chi connectivity index (χ2v) is 3.71. The van der Waals surface area contributed by atoms with Crippen LogP contribution in [-0.4, -0.2) is 17.3 Å². The van der Waals surface area contributed by atoms with E-state index in [9.17, 15) is 9.59 Å². The number of benzene rings is 1. The van der Waals surface area contributed by atoms with E-state index in [2.05, 4.69) is 4.99 Å². The monoisotopic (exact) mass is 225 g/mol. The van der Waals surface area contributed by atoms with Crippen molar-refractivity contribution in [1.29, 1.82) is 0 Å². The molecule has 1 aliphatic rings. The van der Waals surface area contributed by atoms with Gasteiger partial charge in [-0.05, 0) is 55.5 Å². The van der Waals surface area contributed by atoms with Crippen molar-refractivity contribution in [3.8, 4) is 0 Å². The van der Waals surface area contributed by atoms with Crippen LogP contribution in [0.3, 0.4) is 0 Å². The van der Waals surface area contributed by atoms with Crippen molar-refractivity contribution < 1.29 is 9.59 Å². The second-order valence-electron chi connectivity index (χ2n) is 3.71. The molecule has 17 heavy (non-hydrogen) atoms. The molecule has 3 heteroatoms. The van der Waals surface area contributed by atoms with Crippen LogP contribution in [0.15, 0.2) is 53.6 Å². The topological polar surface area (TPSA) is 46.5 Å². The Bertz CT molecular complexity index is 530. The lowest BCUT2D eigenvalue weighted by Gasteiger charge is -2.00. The van der Waals surface area contributed by atoms with Crippen LogP contribution >= 0.6 is 0 Å². The zero-order valence-electron chi connectivity index (χ0n) is 9.38. The Labute approximate surface area is 99.2 Å². The van der Waals surface area contributed by atoms with Gasteiger partial charge in [-0.2, -0.15) is 0 Å². The molecule has 0 fully saturated rings. The molecule has 0 aromatic heterocycles. The maximum atomic E-state index is 11.1. The Morgan fingerprint density at radius 3 is 2.12 bits per heavy atom. The Kier molecular flexibility index (Phi) is 3.10. The first-order valence-electron chi connectivity index (χ1n) is 5.25. The molecule has 0 N–H and O–H groups in total. The van der Waals surface area contributed by atoms with E-state index in [1.165, 1.54) is 19.1 Å². The molecule has 1 aromatic carbocycles. The number of hydrogen-bond acceptors (Lipinski definition) is 3.